The van der Waals surface area contributed by atoms with Gasteiger partial charge in [0.1, 0.15) is 5.75 Å². The summed E-state index contributed by atoms with van der Waals surface area (Å²) in [6.45, 7) is 1.71. The number of sulfonamides is 1. The number of nitrogens with zero attached hydrogens (tertiary/aromatic N) is 1. The minimum Gasteiger partial charge on any atom is -0.497 e. The van der Waals surface area contributed by atoms with Crippen molar-refractivity contribution >= 4 is 38.7 Å². The molecule has 0 fully saturated rings. The third-order valence-corrected chi connectivity index (χ3v) is 5.20. The molecular weight excluding hydrogens is 332 g/mol. The monoisotopic (exact) mass is 344 g/mol. The number of thiophene rings is 1. The topological polar surface area (TPSA) is 67.8 Å². The van der Waals surface area contributed by atoms with Crippen LogP contribution in [0.4, 0.5) is 0 Å². The van der Waals surface area contributed by atoms with Crippen LogP contribution < -0.4 is 9.57 Å². The van der Waals surface area contributed by atoms with Crippen molar-refractivity contribution in [3.8, 4) is 5.75 Å². The molecule has 8 heteroatoms. The summed E-state index contributed by atoms with van der Waals surface area (Å²) in [5.74, 6) is 0.585. The average molecular weight is 345 g/mol. The molecule has 1 aromatic carbocycles. The minimum atomic E-state index is -3.70. The van der Waals surface area contributed by atoms with E-state index in [1.54, 1.807) is 31.2 Å². The fourth-order valence-corrected chi connectivity index (χ4v) is 3.34. The van der Waals surface area contributed by atoms with E-state index in [9.17, 15) is 8.42 Å². The van der Waals surface area contributed by atoms with Crippen LogP contribution in [0.5, 0.6) is 5.75 Å². The van der Waals surface area contributed by atoms with Crippen molar-refractivity contribution in [2.24, 2.45) is 5.10 Å². The highest BCUT2D eigenvalue weighted by Crippen LogP contribution is 2.22. The van der Waals surface area contributed by atoms with E-state index in [4.69, 9.17) is 16.3 Å². The molecule has 0 unspecified atom stereocenters. The van der Waals surface area contributed by atoms with Gasteiger partial charge in [0.05, 0.1) is 26.9 Å². The molecule has 1 aromatic heterocycles. The van der Waals surface area contributed by atoms with Crippen LogP contribution in [0.15, 0.2) is 46.4 Å². The Balaban J connectivity index is 2.17. The molecule has 0 bridgehead atoms. The molecule has 1 heterocycles. The van der Waals surface area contributed by atoms with Gasteiger partial charge in [-0.3, -0.25) is 0 Å². The van der Waals surface area contributed by atoms with Gasteiger partial charge in [0.2, 0.25) is 0 Å². The molecular formula is C13H13ClN2O3S2. The van der Waals surface area contributed by atoms with Gasteiger partial charge >= 0.3 is 0 Å². The molecule has 2 aromatic rings. The Bertz CT molecular complexity index is 752. The standard InChI is InChI=1S/C13H13ClN2O3S2/c1-9(12-7-8-13(14)20-12)15-16-21(17,18)11-5-3-10(19-2)4-6-11/h3-8,16H,1-2H3/b15-9-. The zero-order valence-electron chi connectivity index (χ0n) is 11.3. The van der Waals surface area contributed by atoms with Gasteiger partial charge in [-0.2, -0.15) is 18.4 Å². The van der Waals surface area contributed by atoms with Crippen LogP contribution in [0.1, 0.15) is 11.8 Å². The zero-order valence-corrected chi connectivity index (χ0v) is 13.7. The highest BCUT2D eigenvalue weighted by molar-refractivity contribution is 7.89. The van der Waals surface area contributed by atoms with Crippen molar-refractivity contribution in [2.75, 3.05) is 7.11 Å². The highest BCUT2D eigenvalue weighted by atomic mass is 35.5. The van der Waals surface area contributed by atoms with Gasteiger partial charge in [-0.25, -0.2) is 0 Å². The van der Waals surface area contributed by atoms with E-state index in [1.165, 1.54) is 30.6 Å². The Labute approximate surface area is 132 Å². The molecule has 0 amide bonds. The van der Waals surface area contributed by atoms with E-state index < -0.39 is 10.0 Å². The largest absolute Gasteiger partial charge is 0.497 e. The average Bonchev–Trinajstić information content (AvgIpc) is 2.91. The molecule has 0 aliphatic heterocycles. The molecule has 0 saturated carbocycles. The summed E-state index contributed by atoms with van der Waals surface area (Å²) in [5.41, 5.74) is 0.545. The Hall–Kier alpha value is -1.57. The smallest absolute Gasteiger partial charge is 0.276 e. The quantitative estimate of drug-likeness (QED) is 0.669. The van der Waals surface area contributed by atoms with E-state index in [-0.39, 0.29) is 4.90 Å². The first kappa shape index (κ1) is 15.8. The number of halogens is 1. The summed E-state index contributed by atoms with van der Waals surface area (Å²) < 4.78 is 29.8. The Morgan fingerprint density at radius 2 is 1.90 bits per heavy atom. The van der Waals surface area contributed by atoms with Crippen LogP contribution in [0.25, 0.3) is 0 Å². The normalized spacial score (nSPS) is 12.2. The molecule has 2 rings (SSSR count). The lowest BCUT2D eigenvalue weighted by molar-refractivity contribution is 0.414. The van der Waals surface area contributed by atoms with E-state index in [0.717, 1.165) is 4.88 Å². The summed E-state index contributed by atoms with van der Waals surface area (Å²) in [7, 11) is -2.19. The maximum absolute atomic E-state index is 12.1. The third-order valence-electron chi connectivity index (χ3n) is 2.63. The van der Waals surface area contributed by atoms with Gasteiger partial charge in [-0.1, -0.05) is 11.6 Å². The number of hydrogen-bond donors (Lipinski definition) is 1. The number of nitrogens with one attached hydrogen (secondary N) is 1. The minimum absolute atomic E-state index is 0.115. The number of hydrazone groups is 1. The fourth-order valence-electron chi connectivity index (χ4n) is 1.50. The second-order valence-electron chi connectivity index (χ2n) is 4.07. The molecule has 112 valence electrons. The predicted octanol–water partition coefficient (Wildman–Crippen LogP) is 3.11. The number of rotatable bonds is 5. The summed E-state index contributed by atoms with van der Waals surface area (Å²) in [6.07, 6.45) is 0. The van der Waals surface area contributed by atoms with Gasteiger partial charge in [-0.15, -0.1) is 11.3 Å². The fraction of sp³-hybridized carbons (Fsp3) is 0.154. The molecule has 21 heavy (non-hydrogen) atoms. The van der Waals surface area contributed by atoms with Gasteiger partial charge in [0, 0.05) is 0 Å². The zero-order chi connectivity index (χ0) is 15.5. The van der Waals surface area contributed by atoms with E-state index >= 15 is 0 Å². The van der Waals surface area contributed by atoms with E-state index in [1.807, 2.05) is 0 Å². The van der Waals surface area contributed by atoms with Gasteiger partial charge in [0.15, 0.2) is 0 Å². The molecule has 0 spiro atoms. The van der Waals surface area contributed by atoms with Gasteiger partial charge in [0.25, 0.3) is 10.0 Å². The number of methoxy groups -OCH3 is 1. The van der Waals surface area contributed by atoms with Gasteiger partial charge < -0.3 is 4.74 Å². The van der Waals surface area contributed by atoms with Gasteiger partial charge in [-0.05, 0) is 43.3 Å². The Morgan fingerprint density at radius 1 is 1.24 bits per heavy atom. The molecule has 0 aliphatic rings. The van der Waals surface area contributed by atoms with Crippen LogP contribution in [-0.2, 0) is 10.0 Å². The number of ether oxygens (including phenoxy) is 1. The second-order valence-corrected chi connectivity index (χ2v) is 7.45. The summed E-state index contributed by atoms with van der Waals surface area (Å²) >= 11 is 7.16. The van der Waals surface area contributed by atoms with E-state index in [0.29, 0.717) is 15.8 Å². The molecule has 5 nitrogen and oxygen atoms in total. The lowest BCUT2D eigenvalue weighted by atomic mass is 10.3. The van der Waals surface area contributed by atoms with Crippen molar-refractivity contribution in [1.29, 1.82) is 0 Å². The van der Waals surface area contributed by atoms with E-state index in [2.05, 4.69) is 9.93 Å². The number of hydrogen-bond acceptors (Lipinski definition) is 5. The van der Waals surface area contributed by atoms with Crippen LogP contribution in [-0.4, -0.2) is 21.2 Å². The summed E-state index contributed by atoms with van der Waals surface area (Å²) in [5, 5.41) is 3.90. The van der Waals surface area contributed by atoms with Crippen molar-refractivity contribution in [3.05, 3.63) is 45.6 Å². The van der Waals surface area contributed by atoms with Crippen molar-refractivity contribution in [3.63, 3.8) is 0 Å². The van der Waals surface area contributed by atoms with Crippen LogP contribution in [0, 0.1) is 0 Å². The lowest BCUT2D eigenvalue weighted by Gasteiger charge is -2.05. The van der Waals surface area contributed by atoms with Crippen molar-refractivity contribution < 1.29 is 13.2 Å². The van der Waals surface area contributed by atoms with Crippen molar-refractivity contribution in [2.45, 2.75) is 11.8 Å². The summed E-state index contributed by atoms with van der Waals surface area (Å²) in [6, 6.07) is 9.57. The number of benzene rings is 1. The highest BCUT2D eigenvalue weighted by Gasteiger charge is 2.13. The second kappa shape index (κ2) is 6.46. The first-order valence-corrected chi connectivity index (χ1v) is 8.56. The van der Waals surface area contributed by atoms with Crippen LogP contribution in [0.2, 0.25) is 4.34 Å². The first-order valence-electron chi connectivity index (χ1n) is 5.88. The van der Waals surface area contributed by atoms with Crippen LogP contribution >= 0.6 is 22.9 Å². The molecule has 0 radical (unpaired) electrons. The summed E-state index contributed by atoms with van der Waals surface area (Å²) in [4.78, 5) is 3.12. The molecule has 0 aliphatic carbocycles. The molecule has 0 atom stereocenters. The maximum atomic E-state index is 12.1. The third kappa shape index (κ3) is 3.96. The SMILES string of the molecule is COc1ccc(S(=O)(=O)N/N=C(/C)c2ccc(Cl)s2)cc1. The van der Waals surface area contributed by atoms with Crippen LogP contribution in [0.3, 0.4) is 0 Å². The maximum Gasteiger partial charge on any atom is 0.276 e. The van der Waals surface area contributed by atoms with Crippen molar-refractivity contribution in [1.82, 2.24) is 4.83 Å². The molecule has 0 saturated heterocycles. The molecule has 1 N–H and O–H groups in total. The Morgan fingerprint density at radius 3 is 2.43 bits per heavy atom. The first-order chi connectivity index (χ1) is 9.92. The predicted molar refractivity (Wildman–Crippen MR) is 84.9 cm³/mol. The Kier molecular flexibility index (Phi) is 4.87. The lowest BCUT2D eigenvalue weighted by Crippen LogP contribution is -2.19.